The second-order valence-corrected chi connectivity index (χ2v) is 3.71. The Morgan fingerprint density at radius 2 is 2.47 bits per heavy atom. The molecule has 1 aliphatic heterocycles. The number of carbonyl (C=O) groups excluding carboxylic acids is 1. The van der Waals surface area contributed by atoms with Crippen LogP contribution in [0.1, 0.15) is 17.7 Å². The number of carbonyl (C=O) groups is 1. The lowest BCUT2D eigenvalue weighted by Gasteiger charge is -2.28. The maximum Gasteiger partial charge on any atom is 0.224 e. The van der Waals surface area contributed by atoms with Crippen LogP contribution in [0.25, 0.3) is 0 Å². The fraction of sp³-hybridized carbons (Fsp3) is 0.455. The van der Waals surface area contributed by atoms with Crippen LogP contribution in [0.2, 0.25) is 0 Å². The molecule has 2 rings (SSSR count). The molecule has 1 aromatic rings. The Morgan fingerprint density at radius 1 is 1.60 bits per heavy atom. The monoisotopic (exact) mass is 205 g/mol. The number of hydrogen-bond donors (Lipinski definition) is 1. The summed E-state index contributed by atoms with van der Waals surface area (Å²) < 4.78 is 0. The molecule has 2 N–H and O–H groups in total. The summed E-state index contributed by atoms with van der Waals surface area (Å²) in [5, 5.41) is 0. The van der Waals surface area contributed by atoms with Gasteiger partial charge in [-0.05, 0) is 11.6 Å². The average molecular weight is 205 g/mol. The number of fused-ring (bicyclic) bond motifs is 1. The zero-order valence-electron chi connectivity index (χ0n) is 8.65. The van der Waals surface area contributed by atoms with Crippen molar-refractivity contribution in [1.82, 2.24) is 9.88 Å². The minimum Gasteiger partial charge on any atom is -0.338 e. The smallest absolute Gasteiger partial charge is 0.224 e. The van der Waals surface area contributed by atoms with Gasteiger partial charge in [-0.1, -0.05) is 6.07 Å². The molecule has 0 saturated carbocycles. The Morgan fingerprint density at radius 3 is 3.27 bits per heavy atom. The van der Waals surface area contributed by atoms with Crippen molar-refractivity contribution in [1.29, 1.82) is 0 Å². The molecule has 80 valence electrons. The fourth-order valence-electron chi connectivity index (χ4n) is 1.86. The molecule has 1 amide bonds. The Kier molecular flexibility index (Phi) is 2.97. The molecular formula is C11H15N3O. The predicted octanol–water partition coefficient (Wildman–Crippen LogP) is 0.315. The molecule has 0 spiro atoms. The van der Waals surface area contributed by atoms with Crippen molar-refractivity contribution in [3.63, 3.8) is 0 Å². The van der Waals surface area contributed by atoms with Gasteiger partial charge in [-0.25, -0.2) is 0 Å². The van der Waals surface area contributed by atoms with Gasteiger partial charge >= 0.3 is 0 Å². The molecule has 0 aliphatic carbocycles. The van der Waals surface area contributed by atoms with Crippen LogP contribution in [0.4, 0.5) is 0 Å². The third-order valence-electron chi connectivity index (χ3n) is 2.68. The van der Waals surface area contributed by atoms with Gasteiger partial charge in [0.05, 0.1) is 0 Å². The van der Waals surface area contributed by atoms with E-state index in [0.29, 0.717) is 19.5 Å². The van der Waals surface area contributed by atoms with Crippen molar-refractivity contribution < 1.29 is 4.79 Å². The molecule has 0 saturated heterocycles. The standard InChI is InChI=1S/C11H15N3O/c12-5-3-11(15)14-7-4-10-9(8-14)2-1-6-13-10/h1-2,6H,3-5,7-8,12H2. The molecule has 2 heterocycles. The third-order valence-corrected chi connectivity index (χ3v) is 2.68. The summed E-state index contributed by atoms with van der Waals surface area (Å²) in [4.78, 5) is 17.8. The van der Waals surface area contributed by atoms with E-state index < -0.39 is 0 Å². The summed E-state index contributed by atoms with van der Waals surface area (Å²) in [5.74, 6) is 0.145. The van der Waals surface area contributed by atoms with E-state index in [1.807, 2.05) is 17.0 Å². The van der Waals surface area contributed by atoms with Crippen LogP contribution >= 0.6 is 0 Å². The lowest BCUT2D eigenvalue weighted by atomic mass is 10.1. The summed E-state index contributed by atoms with van der Waals surface area (Å²) in [5.41, 5.74) is 7.65. The molecule has 1 aromatic heterocycles. The highest BCUT2D eigenvalue weighted by Crippen LogP contribution is 2.16. The van der Waals surface area contributed by atoms with Crippen LogP contribution in [-0.2, 0) is 17.8 Å². The Bertz CT molecular complexity index is 365. The third kappa shape index (κ3) is 2.15. The van der Waals surface area contributed by atoms with Crippen LogP contribution < -0.4 is 5.73 Å². The number of nitrogens with two attached hydrogens (primary N) is 1. The van der Waals surface area contributed by atoms with Crippen molar-refractivity contribution >= 4 is 5.91 Å². The highest BCUT2D eigenvalue weighted by Gasteiger charge is 2.20. The molecule has 0 unspecified atom stereocenters. The first-order valence-electron chi connectivity index (χ1n) is 5.22. The van der Waals surface area contributed by atoms with E-state index in [1.54, 1.807) is 6.20 Å². The van der Waals surface area contributed by atoms with Gasteiger partial charge in [0.25, 0.3) is 0 Å². The second kappa shape index (κ2) is 4.40. The molecule has 4 heteroatoms. The number of amides is 1. The van der Waals surface area contributed by atoms with Crippen molar-refractivity contribution in [3.8, 4) is 0 Å². The topological polar surface area (TPSA) is 59.2 Å². The molecule has 15 heavy (non-hydrogen) atoms. The zero-order chi connectivity index (χ0) is 10.7. The Labute approximate surface area is 89.1 Å². The van der Waals surface area contributed by atoms with Gasteiger partial charge in [0.1, 0.15) is 0 Å². The first-order valence-corrected chi connectivity index (χ1v) is 5.22. The zero-order valence-corrected chi connectivity index (χ0v) is 8.65. The van der Waals surface area contributed by atoms with E-state index in [1.165, 1.54) is 0 Å². The van der Waals surface area contributed by atoms with Gasteiger partial charge in [-0.15, -0.1) is 0 Å². The average Bonchev–Trinajstić information content (AvgIpc) is 2.29. The lowest BCUT2D eigenvalue weighted by Crippen LogP contribution is -2.37. The van der Waals surface area contributed by atoms with Gasteiger partial charge in [0.15, 0.2) is 0 Å². The Hall–Kier alpha value is -1.42. The maximum atomic E-state index is 11.6. The van der Waals surface area contributed by atoms with E-state index in [2.05, 4.69) is 4.98 Å². The Balaban J connectivity index is 2.08. The molecular weight excluding hydrogens is 190 g/mol. The van der Waals surface area contributed by atoms with Crippen LogP contribution in [0, 0.1) is 0 Å². The molecule has 0 bridgehead atoms. The minimum atomic E-state index is 0.145. The first kappa shape index (κ1) is 10.1. The van der Waals surface area contributed by atoms with E-state index in [0.717, 1.165) is 24.2 Å². The number of hydrogen-bond acceptors (Lipinski definition) is 3. The quantitative estimate of drug-likeness (QED) is 0.756. The van der Waals surface area contributed by atoms with E-state index in [4.69, 9.17) is 5.73 Å². The molecule has 0 aromatic carbocycles. The normalized spacial score (nSPS) is 14.9. The lowest BCUT2D eigenvalue weighted by molar-refractivity contribution is -0.131. The molecule has 0 fully saturated rings. The fourth-order valence-corrected chi connectivity index (χ4v) is 1.86. The summed E-state index contributed by atoms with van der Waals surface area (Å²) in [7, 11) is 0. The SMILES string of the molecule is NCCC(=O)N1CCc2ncccc2C1. The van der Waals surface area contributed by atoms with Gasteiger partial charge < -0.3 is 10.6 Å². The molecule has 0 radical (unpaired) electrons. The van der Waals surface area contributed by atoms with Crippen LogP contribution in [0.3, 0.4) is 0 Å². The molecule has 0 atom stereocenters. The van der Waals surface area contributed by atoms with Gasteiger partial charge in [-0.3, -0.25) is 9.78 Å². The van der Waals surface area contributed by atoms with Crippen LogP contribution in [0.5, 0.6) is 0 Å². The summed E-state index contributed by atoms with van der Waals surface area (Å²) in [6.07, 6.45) is 3.10. The van der Waals surface area contributed by atoms with Crippen LogP contribution in [-0.4, -0.2) is 28.9 Å². The summed E-state index contributed by atoms with van der Waals surface area (Å²) in [6, 6.07) is 3.94. The van der Waals surface area contributed by atoms with Gasteiger partial charge in [0, 0.05) is 44.4 Å². The highest BCUT2D eigenvalue weighted by molar-refractivity contribution is 5.76. The maximum absolute atomic E-state index is 11.6. The van der Waals surface area contributed by atoms with Gasteiger partial charge in [-0.2, -0.15) is 0 Å². The number of nitrogens with zero attached hydrogens (tertiary/aromatic N) is 2. The van der Waals surface area contributed by atoms with Crippen LogP contribution in [0.15, 0.2) is 18.3 Å². The second-order valence-electron chi connectivity index (χ2n) is 3.71. The van der Waals surface area contributed by atoms with E-state index in [9.17, 15) is 4.79 Å². The summed E-state index contributed by atoms with van der Waals surface area (Å²) >= 11 is 0. The van der Waals surface area contributed by atoms with E-state index in [-0.39, 0.29) is 5.91 Å². The van der Waals surface area contributed by atoms with Gasteiger partial charge in [0.2, 0.25) is 5.91 Å². The molecule has 4 nitrogen and oxygen atoms in total. The number of aromatic nitrogens is 1. The highest BCUT2D eigenvalue weighted by atomic mass is 16.2. The van der Waals surface area contributed by atoms with Crippen molar-refractivity contribution in [2.45, 2.75) is 19.4 Å². The summed E-state index contributed by atoms with van der Waals surface area (Å²) in [6.45, 7) is 1.88. The van der Waals surface area contributed by atoms with Crippen molar-refractivity contribution in [2.24, 2.45) is 5.73 Å². The van der Waals surface area contributed by atoms with Crippen molar-refractivity contribution in [3.05, 3.63) is 29.6 Å². The van der Waals surface area contributed by atoms with Crippen molar-refractivity contribution in [2.75, 3.05) is 13.1 Å². The predicted molar refractivity (Wildman–Crippen MR) is 57.0 cm³/mol. The number of pyridine rings is 1. The first-order chi connectivity index (χ1) is 7.31. The minimum absolute atomic E-state index is 0.145. The number of rotatable bonds is 2. The largest absolute Gasteiger partial charge is 0.338 e. The van der Waals surface area contributed by atoms with E-state index >= 15 is 0 Å². The molecule has 1 aliphatic rings.